The molecule has 9 nitrogen and oxygen atoms in total. The van der Waals surface area contributed by atoms with Crippen LogP contribution in [0.1, 0.15) is 26.3 Å². The van der Waals surface area contributed by atoms with Gasteiger partial charge in [0, 0.05) is 0 Å². The molecule has 1 unspecified atom stereocenters. The molecule has 1 aromatic carbocycles. The average molecular weight is 357 g/mol. The van der Waals surface area contributed by atoms with E-state index in [-0.39, 0.29) is 5.52 Å². The largest absolute Gasteiger partial charge is 0.494 e. The van der Waals surface area contributed by atoms with E-state index in [1.165, 1.54) is 22.7 Å². The van der Waals surface area contributed by atoms with E-state index in [4.69, 9.17) is 9.47 Å². The van der Waals surface area contributed by atoms with Crippen molar-refractivity contribution in [2.75, 3.05) is 13.7 Å². The summed E-state index contributed by atoms with van der Waals surface area (Å²) in [5, 5.41) is 7.98. The van der Waals surface area contributed by atoms with Crippen LogP contribution in [0.2, 0.25) is 0 Å². The Hall–Kier alpha value is -3.23. The maximum Gasteiger partial charge on any atom is 0.329 e. The molecular weight excluding hydrogens is 338 g/mol. The van der Waals surface area contributed by atoms with Crippen molar-refractivity contribution in [3.05, 3.63) is 40.9 Å². The Bertz CT molecular complexity index is 977. The predicted molar refractivity (Wildman–Crippen MR) is 93.4 cm³/mol. The van der Waals surface area contributed by atoms with E-state index in [0.717, 1.165) is 5.75 Å². The predicted octanol–water partition coefficient (Wildman–Crippen LogP) is 1.50. The van der Waals surface area contributed by atoms with Crippen LogP contribution in [0.3, 0.4) is 0 Å². The third kappa shape index (κ3) is 3.03. The van der Waals surface area contributed by atoms with Gasteiger partial charge >= 0.3 is 5.97 Å². The zero-order chi connectivity index (χ0) is 18.7. The Morgan fingerprint density at radius 2 is 1.96 bits per heavy atom. The number of carbonyl (C=O) groups is 1. The lowest BCUT2D eigenvalue weighted by atomic mass is 10.2. The number of esters is 1. The molecule has 0 N–H and O–H groups in total. The third-order valence-electron chi connectivity index (χ3n) is 3.98. The standard InChI is InChI=1S/C17H19N5O4/c1-4-13(17(24)25-3)21-10-18-15-14(16(21)23)19-20-22(15)11-6-8-12(9-7-11)26-5-2/h6-10,13H,4-5H2,1-3H3. The zero-order valence-corrected chi connectivity index (χ0v) is 14.7. The van der Waals surface area contributed by atoms with Gasteiger partial charge in [0.2, 0.25) is 0 Å². The first-order valence-corrected chi connectivity index (χ1v) is 8.24. The third-order valence-corrected chi connectivity index (χ3v) is 3.98. The summed E-state index contributed by atoms with van der Waals surface area (Å²) in [6, 6.07) is 6.46. The molecule has 0 saturated heterocycles. The van der Waals surface area contributed by atoms with E-state index in [2.05, 4.69) is 15.3 Å². The molecule has 0 fully saturated rings. The van der Waals surface area contributed by atoms with Crippen molar-refractivity contribution in [2.24, 2.45) is 0 Å². The van der Waals surface area contributed by atoms with Crippen molar-refractivity contribution in [2.45, 2.75) is 26.3 Å². The second-order valence-corrected chi connectivity index (χ2v) is 5.50. The van der Waals surface area contributed by atoms with Gasteiger partial charge in [-0.25, -0.2) is 9.78 Å². The minimum absolute atomic E-state index is 0.0868. The van der Waals surface area contributed by atoms with Gasteiger partial charge in [0.25, 0.3) is 5.56 Å². The number of nitrogens with zero attached hydrogens (tertiary/aromatic N) is 5. The van der Waals surface area contributed by atoms with Crippen LogP contribution < -0.4 is 10.3 Å². The maximum atomic E-state index is 12.7. The minimum Gasteiger partial charge on any atom is -0.494 e. The highest BCUT2D eigenvalue weighted by molar-refractivity contribution is 5.75. The number of hydrogen-bond donors (Lipinski definition) is 0. The topological polar surface area (TPSA) is 101 Å². The number of carbonyl (C=O) groups excluding carboxylic acids is 1. The molecule has 0 aliphatic rings. The number of ether oxygens (including phenoxy) is 2. The normalized spacial score (nSPS) is 12.1. The number of rotatable bonds is 6. The number of benzene rings is 1. The van der Waals surface area contributed by atoms with Gasteiger partial charge in [-0.2, -0.15) is 4.68 Å². The molecule has 0 saturated carbocycles. The van der Waals surface area contributed by atoms with Crippen LogP contribution >= 0.6 is 0 Å². The van der Waals surface area contributed by atoms with Crippen molar-refractivity contribution < 1.29 is 14.3 Å². The molecular formula is C17H19N5O4. The van der Waals surface area contributed by atoms with Gasteiger partial charge in [-0.15, -0.1) is 5.10 Å². The van der Waals surface area contributed by atoms with E-state index in [0.29, 0.717) is 24.4 Å². The Balaban J connectivity index is 2.05. The quantitative estimate of drug-likeness (QED) is 0.616. The summed E-state index contributed by atoms with van der Waals surface area (Å²) in [5.74, 6) is 0.231. The van der Waals surface area contributed by atoms with Crippen LogP contribution in [-0.2, 0) is 9.53 Å². The number of aromatic nitrogens is 5. The molecule has 2 aromatic heterocycles. The lowest BCUT2D eigenvalue weighted by Crippen LogP contribution is -2.30. The highest BCUT2D eigenvalue weighted by Crippen LogP contribution is 2.18. The van der Waals surface area contributed by atoms with Crippen molar-refractivity contribution in [3.63, 3.8) is 0 Å². The van der Waals surface area contributed by atoms with Crippen molar-refractivity contribution in [3.8, 4) is 11.4 Å². The number of fused-ring (bicyclic) bond motifs is 1. The van der Waals surface area contributed by atoms with Gasteiger partial charge < -0.3 is 9.47 Å². The maximum absolute atomic E-state index is 12.7. The molecule has 0 bridgehead atoms. The molecule has 26 heavy (non-hydrogen) atoms. The van der Waals surface area contributed by atoms with Gasteiger partial charge in [-0.05, 0) is 37.6 Å². The summed E-state index contributed by atoms with van der Waals surface area (Å²) < 4.78 is 12.9. The van der Waals surface area contributed by atoms with Crippen LogP contribution in [0.25, 0.3) is 16.9 Å². The highest BCUT2D eigenvalue weighted by atomic mass is 16.5. The fourth-order valence-corrected chi connectivity index (χ4v) is 2.68. The van der Waals surface area contributed by atoms with Crippen LogP contribution in [0.15, 0.2) is 35.4 Å². The van der Waals surface area contributed by atoms with Crippen molar-refractivity contribution >= 4 is 17.1 Å². The molecule has 1 atom stereocenters. The van der Waals surface area contributed by atoms with Crippen LogP contribution in [0.4, 0.5) is 0 Å². The fourth-order valence-electron chi connectivity index (χ4n) is 2.68. The molecule has 2 heterocycles. The van der Waals surface area contributed by atoms with Gasteiger partial charge in [-0.1, -0.05) is 12.1 Å². The summed E-state index contributed by atoms with van der Waals surface area (Å²) in [6.45, 7) is 4.27. The van der Waals surface area contributed by atoms with Crippen LogP contribution in [0, 0.1) is 0 Å². The van der Waals surface area contributed by atoms with Crippen LogP contribution in [0.5, 0.6) is 5.75 Å². The zero-order valence-electron chi connectivity index (χ0n) is 14.7. The number of methoxy groups -OCH3 is 1. The van der Waals surface area contributed by atoms with E-state index in [1.54, 1.807) is 31.2 Å². The molecule has 3 rings (SSSR count). The van der Waals surface area contributed by atoms with E-state index < -0.39 is 17.6 Å². The minimum atomic E-state index is -0.750. The lowest BCUT2D eigenvalue weighted by molar-refractivity contribution is -0.144. The van der Waals surface area contributed by atoms with Crippen LogP contribution in [-0.4, -0.2) is 44.2 Å². The summed E-state index contributed by atoms with van der Waals surface area (Å²) in [7, 11) is 1.28. The van der Waals surface area contributed by atoms with Gasteiger partial charge in [0.1, 0.15) is 18.1 Å². The molecule has 0 spiro atoms. The molecule has 0 amide bonds. The summed E-state index contributed by atoms with van der Waals surface area (Å²) >= 11 is 0. The summed E-state index contributed by atoms with van der Waals surface area (Å²) in [5.41, 5.74) is 0.656. The molecule has 0 aliphatic carbocycles. The Labute approximate surface area is 149 Å². The first-order chi connectivity index (χ1) is 12.6. The molecule has 9 heteroatoms. The monoisotopic (exact) mass is 357 g/mol. The van der Waals surface area contributed by atoms with Gasteiger partial charge in [0.05, 0.1) is 19.4 Å². The highest BCUT2D eigenvalue weighted by Gasteiger charge is 2.23. The van der Waals surface area contributed by atoms with Crippen molar-refractivity contribution in [1.29, 1.82) is 0 Å². The SMILES string of the molecule is CCOc1ccc(-n2nnc3c(=O)n(C(CC)C(=O)OC)cnc32)cc1. The Kier molecular flexibility index (Phi) is 4.97. The first-order valence-electron chi connectivity index (χ1n) is 8.24. The smallest absolute Gasteiger partial charge is 0.329 e. The summed E-state index contributed by atoms with van der Waals surface area (Å²) in [4.78, 5) is 28.9. The van der Waals surface area contributed by atoms with Gasteiger partial charge in [0.15, 0.2) is 11.2 Å². The summed E-state index contributed by atoms with van der Waals surface area (Å²) in [6.07, 6.45) is 1.72. The molecule has 0 aliphatic heterocycles. The lowest BCUT2D eigenvalue weighted by Gasteiger charge is -2.14. The second-order valence-electron chi connectivity index (χ2n) is 5.50. The Morgan fingerprint density at radius 3 is 2.58 bits per heavy atom. The molecule has 136 valence electrons. The first kappa shape index (κ1) is 17.6. The van der Waals surface area contributed by atoms with Crippen molar-refractivity contribution in [1.82, 2.24) is 24.5 Å². The second kappa shape index (κ2) is 7.34. The Morgan fingerprint density at radius 1 is 1.23 bits per heavy atom. The van der Waals surface area contributed by atoms with E-state index >= 15 is 0 Å². The van der Waals surface area contributed by atoms with E-state index in [1.807, 2.05) is 6.92 Å². The number of hydrogen-bond acceptors (Lipinski definition) is 7. The van der Waals surface area contributed by atoms with E-state index in [9.17, 15) is 9.59 Å². The average Bonchev–Trinajstić information content (AvgIpc) is 3.09. The fraction of sp³-hybridized carbons (Fsp3) is 0.353. The molecule has 3 aromatic rings. The molecule has 0 radical (unpaired) electrons. The van der Waals surface area contributed by atoms with Gasteiger partial charge in [-0.3, -0.25) is 9.36 Å².